The van der Waals surface area contributed by atoms with Gasteiger partial charge in [-0.15, -0.1) is 0 Å². The first-order valence-corrected chi connectivity index (χ1v) is 5.80. The van der Waals surface area contributed by atoms with Gasteiger partial charge in [-0.05, 0) is 36.6 Å². The number of hydrogen-bond donors (Lipinski definition) is 1. The zero-order valence-electron chi connectivity index (χ0n) is 10.1. The van der Waals surface area contributed by atoms with Crippen molar-refractivity contribution in [2.45, 2.75) is 33.6 Å². The summed E-state index contributed by atoms with van der Waals surface area (Å²) in [5.41, 5.74) is 0.632. The Morgan fingerprint density at radius 3 is 2.36 bits per heavy atom. The van der Waals surface area contributed by atoms with Gasteiger partial charge in [0, 0.05) is 20.3 Å². The Kier molecular flexibility index (Phi) is 4.39. The van der Waals surface area contributed by atoms with E-state index in [4.69, 9.17) is 4.74 Å². The number of rotatable bonds is 7. The van der Waals surface area contributed by atoms with Gasteiger partial charge in [-0.25, -0.2) is 0 Å². The van der Waals surface area contributed by atoms with Crippen LogP contribution >= 0.6 is 0 Å². The van der Waals surface area contributed by atoms with Crippen LogP contribution in [0.15, 0.2) is 0 Å². The molecule has 1 N–H and O–H groups in total. The SMILES string of the molecule is COCC(C)CNCC1(C(C)C)CC1. The molecule has 0 bridgehead atoms. The van der Waals surface area contributed by atoms with Crippen molar-refractivity contribution in [1.29, 1.82) is 0 Å². The molecule has 14 heavy (non-hydrogen) atoms. The third-order valence-corrected chi connectivity index (χ3v) is 3.54. The second-order valence-electron chi connectivity index (χ2n) is 5.21. The fraction of sp³-hybridized carbons (Fsp3) is 1.00. The van der Waals surface area contributed by atoms with Crippen LogP contribution < -0.4 is 5.32 Å². The van der Waals surface area contributed by atoms with Gasteiger partial charge in [0.25, 0.3) is 0 Å². The molecule has 0 aliphatic heterocycles. The number of nitrogens with one attached hydrogen (secondary N) is 1. The van der Waals surface area contributed by atoms with Gasteiger partial charge in [0.15, 0.2) is 0 Å². The van der Waals surface area contributed by atoms with Gasteiger partial charge in [0.05, 0.1) is 0 Å². The van der Waals surface area contributed by atoms with E-state index < -0.39 is 0 Å². The van der Waals surface area contributed by atoms with E-state index in [0.717, 1.165) is 19.1 Å². The molecule has 1 aliphatic rings. The molecule has 0 heterocycles. The van der Waals surface area contributed by atoms with Crippen molar-refractivity contribution in [2.24, 2.45) is 17.3 Å². The lowest BCUT2D eigenvalue weighted by Crippen LogP contribution is -2.31. The fourth-order valence-corrected chi connectivity index (χ4v) is 2.03. The van der Waals surface area contributed by atoms with Crippen LogP contribution in [0.2, 0.25) is 0 Å². The van der Waals surface area contributed by atoms with Gasteiger partial charge in [0.2, 0.25) is 0 Å². The van der Waals surface area contributed by atoms with Crippen molar-refractivity contribution >= 4 is 0 Å². The van der Waals surface area contributed by atoms with Crippen LogP contribution in [-0.2, 0) is 4.74 Å². The molecule has 1 rings (SSSR count). The zero-order chi connectivity index (χ0) is 10.6. The summed E-state index contributed by atoms with van der Waals surface area (Å²) in [6, 6.07) is 0. The minimum atomic E-state index is 0.628. The topological polar surface area (TPSA) is 21.3 Å². The normalized spacial score (nSPS) is 21.2. The maximum Gasteiger partial charge on any atom is 0.0499 e. The molecule has 0 aromatic rings. The molecule has 2 nitrogen and oxygen atoms in total. The molecule has 1 aliphatic carbocycles. The number of hydrogen-bond acceptors (Lipinski definition) is 2. The largest absolute Gasteiger partial charge is 0.384 e. The molecular weight excluding hydrogens is 174 g/mol. The molecule has 84 valence electrons. The smallest absolute Gasteiger partial charge is 0.0499 e. The van der Waals surface area contributed by atoms with Crippen molar-refractivity contribution in [3.05, 3.63) is 0 Å². The zero-order valence-corrected chi connectivity index (χ0v) is 10.1. The van der Waals surface area contributed by atoms with Crippen LogP contribution in [0.25, 0.3) is 0 Å². The Bertz CT molecular complexity index is 164. The first-order valence-electron chi connectivity index (χ1n) is 5.80. The highest BCUT2D eigenvalue weighted by molar-refractivity contribution is 4.97. The van der Waals surface area contributed by atoms with Gasteiger partial charge in [-0.2, -0.15) is 0 Å². The molecular formula is C12H25NO. The summed E-state index contributed by atoms with van der Waals surface area (Å²) in [5.74, 6) is 1.45. The summed E-state index contributed by atoms with van der Waals surface area (Å²) < 4.78 is 5.11. The molecule has 2 heteroatoms. The van der Waals surface area contributed by atoms with Crippen molar-refractivity contribution < 1.29 is 4.74 Å². The Morgan fingerprint density at radius 2 is 1.93 bits per heavy atom. The standard InChI is InChI=1S/C12H25NO/c1-10(2)12(5-6-12)9-13-7-11(3)8-14-4/h10-11,13H,5-9H2,1-4H3. The van der Waals surface area contributed by atoms with Crippen LogP contribution in [0.1, 0.15) is 33.6 Å². The summed E-state index contributed by atoms with van der Waals surface area (Å²) >= 11 is 0. The van der Waals surface area contributed by atoms with Gasteiger partial charge >= 0.3 is 0 Å². The molecule has 1 fully saturated rings. The summed E-state index contributed by atoms with van der Waals surface area (Å²) in [6.07, 6.45) is 2.83. The van der Waals surface area contributed by atoms with Crippen LogP contribution in [-0.4, -0.2) is 26.8 Å². The Balaban J connectivity index is 2.09. The van der Waals surface area contributed by atoms with E-state index in [1.165, 1.54) is 19.4 Å². The average Bonchev–Trinajstić information content (AvgIpc) is 2.86. The van der Waals surface area contributed by atoms with E-state index in [2.05, 4.69) is 26.1 Å². The Hall–Kier alpha value is -0.0800. The first kappa shape index (κ1) is 12.0. The lowest BCUT2D eigenvalue weighted by molar-refractivity contribution is 0.156. The molecule has 1 atom stereocenters. The maximum atomic E-state index is 5.11. The number of methoxy groups -OCH3 is 1. The quantitative estimate of drug-likeness (QED) is 0.679. The first-order chi connectivity index (χ1) is 6.60. The van der Waals surface area contributed by atoms with Gasteiger partial charge in [0.1, 0.15) is 0 Å². The summed E-state index contributed by atoms with van der Waals surface area (Å²) in [6.45, 7) is 10.1. The van der Waals surface area contributed by atoms with Crippen LogP contribution in [0.5, 0.6) is 0 Å². The van der Waals surface area contributed by atoms with Crippen molar-refractivity contribution in [3.8, 4) is 0 Å². The molecule has 0 saturated heterocycles. The second kappa shape index (κ2) is 5.13. The highest BCUT2D eigenvalue weighted by Crippen LogP contribution is 2.51. The highest BCUT2D eigenvalue weighted by Gasteiger charge is 2.44. The van der Waals surface area contributed by atoms with E-state index in [9.17, 15) is 0 Å². The molecule has 1 unspecified atom stereocenters. The molecule has 0 aromatic carbocycles. The Labute approximate surface area is 88.4 Å². The lowest BCUT2D eigenvalue weighted by atomic mass is 9.92. The number of ether oxygens (including phenoxy) is 1. The predicted octanol–water partition coefficient (Wildman–Crippen LogP) is 2.29. The maximum absolute atomic E-state index is 5.11. The lowest BCUT2D eigenvalue weighted by Gasteiger charge is -2.21. The third kappa shape index (κ3) is 3.25. The van der Waals surface area contributed by atoms with E-state index in [-0.39, 0.29) is 0 Å². The van der Waals surface area contributed by atoms with E-state index in [1.807, 2.05) is 0 Å². The molecule has 0 spiro atoms. The molecule has 0 amide bonds. The third-order valence-electron chi connectivity index (χ3n) is 3.54. The van der Waals surface area contributed by atoms with E-state index >= 15 is 0 Å². The summed E-state index contributed by atoms with van der Waals surface area (Å²) in [7, 11) is 1.77. The Morgan fingerprint density at radius 1 is 1.29 bits per heavy atom. The average molecular weight is 199 g/mol. The molecule has 1 saturated carbocycles. The van der Waals surface area contributed by atoms with Gasteiger partial charge in [-0.3, -0.25) is 0 Å². The van der Waals surface area contributed by atoms with Gasteiger partial charge < -0.3 is 10.1 Å². The van der Waals surface area contributed by atoms with Gasteiger partial charge in [-0.1, -0.05) is 20.8 Å². The van der Waals surface area contributed by atoms with Crippen LogP contribution in [0.4, 0.5) is 0 Å². The van der Waals surface area contributed by atoms with E-state index in [0.29, 0.717) is 11.3 Å². The predicted molar refractivity (Wildman–Crippen MR) is 60.4 cm³/mol. The monoisotopic (exact) mass is 199 g/mol. The summed E-state index contributed by atoms with van der Waals surface area (Å²) in [5, 5.41) is 3.57. The van der Waals surface area contributed by atoms with Crippen molar-refractivity contribution in [3.63, 3.8) is 0 Å². The van der Waals surface area contributed by atoms with Crippen LogP contribution in [0, 0.1) is 17.3 Å². The second-order valence-corrected chi connectivity index (χ2v) is 5.21. The van der Waals surface area contributed by atoms with Crippen molar-refractivity contribution in [2.75, 3.05) is 26.8 Å². The summed E-state index contributed by atoms with van der Waals surface area (Å²) in [4.78, 5) is 0. The fourth-order valence-electron chi connectivity index (χ4n) is 2.03. The minimum Gasteiger partial charge on any atom is -0.384 e. The minimum absolute atomic E-state index is 0.628. The molecule has 0 aromatic heterocycles. The van der Waals surface area contributed by atoms with Crippen LogP contribution in [0.3, 0.4) is 0 Å². The highest BCUT2D eigenvalue weighted by atomic mass is 16.5. The molecule has 0 radical (unpaired) electrons. The van der Waals surface area contributed by atoms with E-state index in [1.54, 1.807) is 7.11 Å². The van der Waals surface area contributed by atoms with Crippen molar-refractivity contribution in [1.82, 2.24) is 5.32 Å².